The number of nitrogens with one attached hydrogen (secondary N) is 2. The molecule has 7 nitrogen and oxygen atoms in total. The van der Waals surface area contributed by atoms with Crippen LogP contribution in [0, 0.1) is 0 Å². The van der Waals surface area contributed by atoms with E-state index in [0.717, 1.165) is 45.4 Å². The highest BCUT2D eigenvalue weighted by molar-refractivity contribution is 5.78. The Balaban J connectivity index is 1.56. The molecule has 0 spiro atoms. The molecule has 2 saturated heterocycles. The molecule has 23 heavy (non-hydrogen) atoms. The number of carbonyl (C=O) groups is 2. The number of likely N-dealkylation sites (tertiary alicyclic amines) is 1. The van der Waals surface area contributed by atoms with E-state index in [1.54, 1.807) is 0 Å². The summed E-state index contributed by atoms with van der Waals surface area (Å²) in [6.45, 7) is 9.12. The second-order valence-electron chi connectivity index (χ2n) is 6.56. The smallest absolute Gasteiger partial charge is 0.317 e. The minimum atomic E-state index is 0.0600. The van der Waals surface area contributed by atoms with Crippen molar-refractivity contribution in [2.75, 3.05) is 45.9 Å². The van der Waals surface area contributed by atoms with Crippen molar-refractivity contribution in [3.05, 3.63) is 0 Å². The molecule has 0 aromatic heterocycles. The molecule has 2 aliphatic heterocycles. The Kier molecular flexibility index (Phi) is 7.11. The van der Waals surface area contributed by atoms with Gasteiger partial charge < -0.3 is 20.3 Å². The topological polar surface area (TPSA) is 73.9 Å². The van der Waals surface area contributed by atoms with Crippen LogP contribution in [0.3, 0.4) is 0 Å². The number of rotatable bonds is 8. The third-order valence-electron chi connectivity index (χ3n) is 4.35. The van der Waals surface area contributed by atoms with Crippen LogP contribution in [-0.4, -0.2) is 79.8 Å². The summed E-state index contributed by atoms with van der Waals surface area (Å²) in [6.07, 6.45) is 2.98. The molecule has 0 saturated carbocycles. The van der Waals surface area contributed by atoms with E-state index in [-0.39, 0.29) is 18.0 Å². The van der Waals surface area contributed by atoms with Gasteiger partial charge in [0, 0.05) is 45.4 Å². The zero-order valence-corrected chi connectivity index (χ0v) is 14.3. The van der Waals surface area contributed by atoms with E-state index >= 15 is 0 Å². The van der Waals surface area contributed by atoms with Gasteiger partial charge in [-0.15, -0.1) is 0 Å². The Hall–Kier alpha value is -1.34. The second kappa shape index (κ2) is 9.08. The molecule has 0 aliphatic carbocycles. The van der Waals surface area contributed by atoms with Gasteiger partial charge >= 0.3 is 6.03 Å². The second-order valence-corrected chi connectivity index (χ2v) is 6.56. The van der Waals surface area contributed by atoms with Crippen molar-refractivity contribution in [2.24, 2.45) is 0 Å². The van der Waals surface area contributed by atoms with E-state index in [4.69, 9.17) is 4.74 Å². The van der Waals surface area contributed by atoms with Gasteiger partial charge in [-0.2, -0.15) is 0 Å². The van der Waals surface area contributed by atoms with Crippen LogP contribution in [0.2, 0.25) is 0 Å². The molecule has 3 amide bonds. The minimum absolute atomic E-state index is 0.0600. The Morgan fingerprint density at radius 3 is 2.70 bits per heavy atom. The quantitative estimate of drug-likeness (QED) is 0.634. The molecule has 0 bridgehead atoms. The van der Waals surface area contributed by atoms with Crippen LogP contribution >= 0.6 is 0 Å². The number of nitrogens with zero attached hydrogens (tertiary/aromatic N) is 2. The summed E-state index contributed by atoms with van der Waals surface area (Å²) >= 11 is 0. The van der Waals surface area contributed by atoms with Crippen molar-refractivity contribution in [2.45, 2.75) is 45.3 Å². The number of amides is 3. The maximum absolute atomic E-state index is 11.9. The van der Waals surface area contributed by atoms with Crippen molar-refractivity contribution in [1.82, 2.24) is 20.4 Å². The van der Waals surface area contributed by atoms with E-state index in [0.29, 0.717) is 25.7 Å². The van der Waals surface area contributed by atoms with Crippen molar-refractivity contribution in [3.63, 3.8) is 0 Å². The first-order valence-electron chi connectivity index (χ1n) is 8.71. The highest BCUT2D eigenvalue weighted by Crippen LogP contribution is 2.17. The van der Waals surface area contributed by atoms with Gasteiger partial charge in [-0.05, 0) is 33.1 Å². The molecule has 132 valence electrons. The van der Waals surface area contributed by atoms with E-state index in [2.05, 4.69) is 15.5 Å². The van der Waals surface area contributed by atoms with Crippen LogP contribution in [0.25, 0.3) is 0 Å². The average Bonchev–Trinajstić information content (AvgIpc) is 2.93. The van der Waals surface area contributed by atoms with Gasteiger partial charge in [0.25, 0.3) is 0 Å². The Morgan fingerprint density at radius 1 is 1.35 bits per heavy atom. The van der Waals surface area contributed by atoms with Crippen molar-refractivity contribution >= 4 is 11.9 Å². The van der Waals surface area contributed by atoms with Gasteiger partial charge in [0.2, 0.25) is 5.91 Å². The predicted octanol–water partition coefficient (Wildman–Crippen LogP) is 0.407. The third kappa shape index (κ3) is 5.99. The van der Waals surface area contributed by atoms with Crippen molar-refractivity contribution in [3.8, 4) is 0 Å². The first-order chi connectivity index (χ1) is 11.1. The lowest BCUT2D eigenvalue weighted by atomic mass is 10.0. The monoisotopic (exact) mass is 326 g/mol. The molecule has 2 fully saturated rings. The molecular formula is C16H30N4O3. The number of urea groups is 1. The van der Waals surface area contributed by atoms with Gasteiger partial charge in [-0.3, -0.25) is 9.69 Å². The Bertz CT molecular complexity index is 395. The summed E-state index contributed by atoms with van der Waals surface area (Å²) in [7, 11) is 0. The van der Waals surface area contributed by atoms with Crippen LogP contribution < -0.4 is 10.6 Å². The number of ether oxygens (including phenoxy) is 1. The minimum Gasteiger partial charge on any atom is -0.379 e. The number of hydrogen-bond acceptors (Lipinski definition) is 4. The molecule has 2 rings (SSSR count). The third-order valence-corrected chi connectivity index (χ3v) is 4.35. The molecule has 7 heteroatoms. The van der Waals surface area contributed by atoms with Crippen LogP contribution in [-0.2, 0) is 9.53 Å². The zero-order chi connectivity index (χ0) is 16.7. The molecule has 0 unspecified atom stereocenters. The largest absolute Gasteiger partial charge is 0.379 e. The Morgan fingerprint density at radius 2 is 2.09 bits per heavy atom. The highest BCUT2D eigenvalue weighted by Gasteiger charge is 2.30. The average molecular weight is 326 g/mol. The highest BCUT2D eigenvalue weighted by atomic mass is 16.5. The summed E-state index contributed by atoms with van der Waals surface area (Å²) in [5, 5.41) is 5.79. The molecule has 2 aliphatic rings. The van der Waals surface area contributed by atoms with Gasteiger partial charge in [0.15, 0.2) is 0 Å². The van der Waals surface area contributed by atoms with Crippen molar-refractivity contribution < 1.29 is 14.3 Å². The lowest BCUT2D eigenvalue weighted by molar-refractivity contribution is -0.122. The van der Waals surface area contributed by atoms with Crippen LogP contribution in [0.1, 0.15) is 33.1 Å². The van der Waals surface area contributed by atoms with E-state index in [9.17, 15) is 9.59 Å². The van der Waals surface area contributed by atoms with Gasteiger partial charge in [-0.25, -0.2) is 4.79 Å². The predicted molar refractivity (Wildman–Crippen MR) is 88.3 cm³/mol. The van der Waals surface area contributed by atoms with Gasteiger partial charge in [0.05, 0.1) is 12.6 Å². The van der Waals surface area contributed by atoms with Gasteiger partial charge in [0.1, 0.15) is 0 Å². The fraction of sp³-hybridized carbons (Fsp3) is 0.875. The van der Waals surface area contributed by atoms with E-state index < -0.39 is 0 Å². The molecule has 0 radical (unpaired) electrons. The summed E-state index contributed by atoms with van der Waals surface area (Å²) in [6, 6.07) is 0.384. The SMILES string of the molecule is CC(C)OCCCNC(=O)CN1CCC(N2CCNC2=O)CC1. The standard InChI is InChI=1S/C16H30N4O3/c1-13(2)23-11-3-6-17-15(21)12-19-8-4-14(5-9-19)20-10-7-18-16(20)22/h13-14H,3-12H2,1-2H3,(H,17,21)(H,18,22). The number of hydrogen-bond donors (Lipinski definition) is 2. The summed E-state index contributed by atoms with van der Waals surface area (Å²) in [4.78, 5) is 27.7. The first-order valence-corrected chi connectivity index (χ1v) is 8.71. The first kappa shape index (κ1) is 18.0. The van der Waals surface area contributed by atoms with Crippen molar-refractivity contribution in [1.29, 1.82) is 0 Å². The lowest BCUT2D eigenvalue weighted by Crippen LogP contribution is -2.48. The molecular weight excluding hydrogens is 296 g/mol. The molecule has 0 aromatic carbocycles. The molecule has 2 N–H and O–H groups in total. The lowest BCUT2D eigenvalue weighted by Gasteiger charge is -2.35. The fourth-order valence-electron chi connectivity index (χ4n) is 3.10. The maximum Gasteiger partial charge on any atom is 0.317 e. The van der Waals surface area contributed by atoms with Gasteiger partial charge in [-0.1, -0.05) is 0 Å². The number of carbonyl (C=O) groups excluding carboxylic acids is 2. The molecule has 2 heterocycles. The van der Waals surface area contributed by atoms with Crippen LogP contribution in [0.4, 0.5) is 4.79 Å². The zero-order valence-electron chi connectivity index (χ0n) is 14.3. The van der Waals surface area contributed by atoms with Crippen LogP contribution in [0.15, 0.2) is 0 Å². The van der Waals surface area contributed by atoms with E-state index in [1.165, 1.54) is 0 Å². The fourth-order valence-corrected chi connectivity index (χ4v) is 3.10. The Labute approximate surface area is 138 Å². The normalized spacial score (nSPS) is 20.1. The number of piperidine rings is 1. The van der Waals surface area contributed by atoms with Crippen LogP contribution in [0.5, 0.6) is 0 Å². The maximum atomic E-state index is 11.9. The molecule has 0 atom stereocenters. The summed E-state index contributed by atoms with van der Waals surface area (Å²) < 4.78 is 5.44. The molecule has 0 aromatic rings. The summed E-state index contributed by atoms with van der Waals surface area (Å²) in [5.74, 6) is 0.0758. The van der Waals surface area contributed by atoms with E-state index in [1.807, 2.05) is 18.7 Å². The summed E-state index contributed by atoms with van der Waals surface area (Å²) in [5.41, 5.74) is 0.